The first-order chi connectivity index (χ1) is 11.6. The van der Waals surface area contributed by atoms with Crippen molar-refractivity contribution in [3.05, 3.63) is 35.6 Å². The van der Waals surface area contributed by atoms with Crippen LogP contribution >= 0.6 is 11.8 Å². The molecule has 4 nitrogen and oxygen atoms in total. The smallest absolute Gasteiger partial charge is 0.243 e. The number of benzene rings is 1. The van der Waals surface area contributed by atoms with E-state index < -0.39 is 6.04 Å². The lowest BCUT2D eigenvalue weighted by molar-refractivity contribution is -0.139. The van der Waals surface area contributed by atoms with Crippen molar-refractivity contribution in [2.45, 2.75) is 50.9 Å². The second kappa shape index (κ2) is 9.06. The largest absolute Gasteiger partial charge is 0.354 e. The van der Waals surface area contributed by atoms with Gasteiger partial charge in [-0.1, -0.05) is 32.4 Å². The van der Waals surface area contributed by atoms with Crippen LogP contribution in [0.4, 0.5) is 4.39 Å². The summed E-state index contributed by atoms with van der Waals surface area (Å²) in [6.07, 6.45) is 3.04. The molecule has 2 amide bonds. The number of carbonyl (C=O) groups is 2. The van der Waals surface area contributed by atoms with Gasteiger partial charge in [0.05, 0.1) is 0 Å². The van der Waals surface area contributed by atoms with Gasteiger partial charge in [-0.25, -0.2) is 4.39 Å². The van der Waals surface area contributed by atoms with Crippen LogP contribution in [0.5, 0.6) is 0 Å². The molecule has 0 aliphatic carbocycles. The van der Waals surface area contributed by atoms with Crippen molar-refractivity contribution in [2.75, 3.05) is 12.3 Å². The second-order valence-corrected chi connectivity index (χ2v) is 7.07. The number of nitrogens with one attached hydrogen (secondary N) is 1. The molecule has 2 atom stereocenters. The third-order valence-electron chi connectivity index (χ3n) is 4.02. The highest BCUT2D eigenvalue weighted by molar-refractivity contribution is 7.99. The van der Waals surface area contributed by atoms with Crippen LogP contribution < -0.4 is 5.32 Å². The molecule has 0 aromatic heterocycles. The maximum absolute atomic E-state index is 13.6. The highest BCUT2D eigenvalue weighted by atomic mass is 32.2. The molecule has 1 N–H and O–H groups in total. The lowest BCUT2D eigenvalue weighted by Gasteiger charge is -2.29. The number of carbonyl (C=O) groups excluding carboxylic acids is 2. The predicted octanol–water partition coefficient (Wildman–Crippen LogP) is 3.48. The van der Waals surface area contributed by atoms with Crippen molar-refractivity contribution in [1.29, 1.82) is 0 Å². The molecule has 1 aliphatic heterocycles. The second-order valence-electron chi connectivity index (χ2n) is 5.95. The van der Waals surface area contributed by atoms with Crippen molar-refractivity contribution in [2.24, 2.45) is 0 Å². The van der Waals surface area contributed by atoms with Crippen LogP contribution in [-0.4, -0.2) is 35.1 Å². The maximum atomic E-state index is 13.6. The topological polar surface area (TPSA) is 49.4 Å². The van der Waals surface area contributed by atoms with Crippen molar-refractivity contribution in [3.8, 4) is 0 Å². The summed E-state index contributed by atoms with van der Waals surface area (Å²) in [4.78, 5) is 26.7. The number of thioether (sulfide) groups is 1. The zero-order valence-electron chi connectivity index (χ0n) is 14.3. The van der Waals surface area contributed by atoms with Gasteiger partial charge in [-0.15, -0.1) is 11.8 Å². The third-order valence-corrected chi connectivity index (χ3v) is 5.34. The first-order valence-corrected chi connectivity index (χ1v) is 9.59. The van der Waals surface area contributed by atoms with E-state index >= 15 is 0 Å². The number of nitrogens with zero attached hydrogens (tertiary/aromatic N) is 1. The molecule has 1 aromatic rings. The monoisotopic (exact) mass is 352 g/mol. The van der Waals surface area contributed by atoms with Crippen LogP contribution in [0, 0.1) is 5.82 Å². The molecule has 2 rings (SSSR count). The number of rotatable bonds is 7. The summed E-state index contributed by atoms with van der Waals surface area (Å²) in [5.74, 6) is 0.0488. The quantitative estimate of drug-likeness (QED) is 0.764. The van der Waals surface area contributed by atoms with E-state index in [0.717, 1.165) is 24.8 Å². The number of unbranched alkanes of at least 4 members (excludes halogenated alkanes) is 1. The van der Waals surface area contributed by atoms with Gasteiger partial charge in [-0.3, -0.25) is 9.59 Å². The van der Waals surface area contributed by atoms with Gasteiger partial charge < -0.3 is 10.2 Å². The summed E-state index contributed by atoms with van der Waals surface area (Å²) in [6.45, 7) is 4.63. The lowest BCUT2D eigenvalue weighted by Crippen LogP contribution is -2.48. The minimum absolute atomic E-state index is 0.0487. The van der Waals surface area contributed by atoms with Crippen LogP contribution in [-0.2, 0) is 9.59 Å². The summed E-state index contributed by atoms with van der Waals surface area (Å²) in [6, 6.07) is 5.80. The minimum atomic E-state index is -0.487. The van der Waals surface area contributed by atoms with E-state index in [1.807, 2.05) is 13.0 Å². The molecule has 1 aromatic carbocycles. The first kappa shape index (κ1) is 18.8. The fourth-order valence-electron chi connectivity index (χ4n) is 2.78. The zero-order valence-corrected chi connectivity index (χ0v) is 15.1. The van der Waals surface area contributed by atoms with Gasteiger partial charge in [0, 0.05) is 18.7 Å². The normalized spacial score (nSPS) is 20.2. The molecule has 2 unspecified atom stereocenters. The maximum Gasteiger partial charge on any atom is 0.243 e. The Kier molecular flexibility index (Phi) is 7.09. The molecule has 132 valence electrons. The van der Waals surface area contributed by atoms with Gasteiger partial charge in [0.2, 0.25) is 11.8 Å². The fraction of sp³-hybridized carbons (Fsp3) is 0.556. The van der Waals surface area contributed by atoms with Crippen molar-refractivity contribution < 1.29 is 14.0 Å². The summed E-state index contributed by atoms with van der Waals surface area (Å²) in [5, 5.41) is 2.61. The fourth-order valence-corrected chi connectivity index (χ4v) is 4.22. The Labute approximate surface area is 147 Å². The van der Waals surface area contributed by atoms with Crippen LogP contribution in [0.25, 0.3) is 0 Å². The Morgan fingerprint density at radius 1 is 1.33 bits per heavy atom. The highest BCUT2D eigenvalue weighted by Gasteiger charge is 2.41. The number of halogens is 1. The van der Waals surface area contributed by atoms with Gasteiger partial charge in [0.25, 0.3) is 0 Å². The van der Waals surface area contributed by atoms with Crippen LogP contribution in [0.15, 0.2) is 24.3 Å². The SMILES string of the molecule is CCCCNC(=O)C1CSC(c2cccc(F)c2)N1C(=O)CCC. The van der Waals surface area contributed by atoms with Gasteiger partial charge in [0.15, 0.2) is 0 Å². The van der Waals surface area contributed by atoms with Gasteiger partial charge in [-0.2, -0.15) is 0 Å². The van der Waals surface area contributed by atoms with Gasteiger partial charge >= 0.3 is 0 Å². The number of amides is 2. The average molecular weight is 352 g/mol. The molecule has 0 saturated carbocycles. The summed E-state index contributed by atoms with van der Waals surface area (Å²) < 4.78 is 13.6. The minimum Gasteiger partial charge on any atom is -0.354 e. The molecule has 0 radical (unpaired) electrons. The standard InChI is InChI=1S/C18H25FN2O2S/c1-3-5-10-20-17(23)15-12-24-18(21(15)16(22)7-4-2)13-8-6-9-14(19)11-13/h6,8-9,11,15,18H,3-5,7,10,12H2,1-2H3,(H,20,23). The molecular weight excluding hydrogens is 327 g/mol. The molecule has 1 saturated heterocycles. The van der Waals surface area contributed by atoms with E-state index in [9.17, 15) is 14.0 Å². The molecule has 1 heterocycles. The van der Waals surface area contributed by atoms with E-state index in [1.165, 1.54) is 23.9 Å². The predicted molar refractivity (Wildman–Crippen MR) is 95.1 cm³/mol. The summed E-state index contributed by atoms with van der Waals surface area (Å²) in [7, 11) is 0. The Hall–Kier alpha value is -1.56. The lowest BCUT2D eigenvalue weighted by atomic mass is 10.1. The zero-order chi connectivity index (χ0) is 17.5. The molecular formula is C18H25FN2O2S. The third kappa shape index (κ3) is 4.50. The van der Waals surface area contributed by atoms with Crippen molar-refractivity contribution >= 4 is 23.6 Å². The summed E-state index contributed by atoms with van der Waals surface area (Å²) in [5.41, 5.74) is 0.730. The Bertz CT molecular complexity index is 582. The average Bonchev–Trinajstić information content (AvgIpc) is 3.00. The molecule has 1 fully saturated rings. The number of hydrogen-bond donors (Lipinski definition) is 1. The number of hydrogen-bond acceptors (Lipinski definition) is 3. The molecule has 0 bridgehead atoms. The molecule has 6 heteroatoms. The Balaban J connectivity index is 2.19. The van der Waals surface area contributed by atoms with E-state index in [0.29, 0.717) is 18.7 Å². The Morgan fingerprint density at radius 3 is 2.79 bits per heavy atom. The van der Waals surface area contributed by atoms with Crippen LogP contribution in [0.2, 0.25) is 0 Å². The molecule has 24 heavy (non-hydrogen) atoms. The van der Waals surface area contributed by atoms with Crippen LogP contribution in [0.3, 0.4) is 0 Å². The van der Waals surface area contributed by atoms with Gasteiger partial charge in [0.1, 0.15) is 17.2 Å². The Morgan fingerprint density at radius 2 is 2.12 bits per heavy atom. The van der Waals surface area contributed by atoms with E-state index in [1.54, 1.807) is 11.0 Å². The van der Waals surface area contributed by atoms with Crippen LogP contribution in [0.1, 0.15) is 50.5 Å². The summed E-state index contributed by atoms with van der Waals surface area (Å²) >= 11 is 1.52. The van der Waals surface area contributed by atoms with Crippen molar-refractivity contribution in [3.63, 3.8) is 0 Å². The van der Waals surface area contributed by atoms with E-state index in [-0.39, 0.29) is 23.0 Å². The molecule has 1 aliphatic rings. The van der Waals surface area contributed by atoms with E-state index in [4.69, 9.17) is 0 Å². The van der Waals surface area contributed by atoms with Gasteiger partial charge in [-0.05, 0) is 30.5 Å². The molecule has 0 spiro atoms. The van der Waals surface area contributed by atoms with E-state index in [2.05, 4.69) is 12.2 Å². The highest BCUT2D eigenvalue weighted by Crippen LogP contribution is 2.42. The first-order valence-electron chi connectivity index (χ1n) is 8.54. The van der Waals surface area contributed by atoms with Crippen molar-refractivity contribution in [1.82, 2.24) is 10.2 Å².